The summed E-state index contributed by atoms with van der Waals surface area (Å²) in [5, 5.41) is 8.60. The smallest absolute Gasteiger partial charge is 0.320 e. The highest BCUT2D eigenvalue weighted by atomic mass is 19.1. The minimum absolute atomic E-state index is 0.305. The second-order valence-electron chi connectivity index (χ2n) is 3.32. The predicted molar refractivity (Wildman–Crippen MR) is 58.8 cm³/mol. The number of urea groups is 1. The summed E-state index contributed by atoms with van der Waals surface area (Å²) in [6, 6.07) is 7.01. The molecule has 0 aliphatic rings. The fraction of sp³-hybridized carbons (Fsp3) is 0.0909. The highest BCUT2D eigenvalue weighted by Gasteiger charge is 2.03. The summed E-state index contributed by atoms with van der Waals surface area (Å²) < 4.78 is 17.2. The molecule has 0 saturated heterocycles. The van der Waals surface area contributed by atoms with Crippen LogP contribution in [0.15, 0.2) is 41.1 Å². The second kappa shape index (κ2) is 5.11. The number of halogens is 1. The molecule has 0 aliphatic heterocycles. The van der Waals surface area contributed by atoms with E-state index >= 15 is 0 Å². The van der Waals surface area contributed by atoms with Crippen molar-refractivity contribution >= 4 is 11.8 Å². The van der Waals surface area contributed by atoms with Crippen LogP contribution in [-0.4, -0.2) is 11.2 Å². The molecule has 0 fully saturated rings. The standard InChI is InChI=1S/C11H10FN3O2/c12-9-3-1-8(2-4-9)7-13-11(16)14-10-5-6-17-15-10/h1-6H,7H2,(H2,13,14,15,16). The third kappa shape index (κ3) is 3.30. The third-order valence-corrected chi connectivity index (χ3v) is 2.05. The monoisotopic (exact) mass is 235 g/mol. The molecule has 0 radical (unpaired) electrons. The van der Waals surface area contributed by atoms with Crippen molar-refractivity contribution in [3.63, 3.8) is 0 Å². The first-order valence-electron chi connectivity index (χ1n) is 4.94. The number of hydrogen-bond donors (Lipinski definition) is 2. The molecule has 88 valence electrons. The lowest BCUT2D eigenvalue weighted by atomic mass is 10.2. The third-order valence-electron chi connectivity index (χ3n) is 2.05. The SMILES string of the molecule is O=C(NCc1ccc(F)cc1)Nc1ccon1. The predicted octanol–water partition coefficient (Wildman–Crippen LogP) is 2.14. The van der Waals surface area contributed by atoms with Gasteiger partial charge in [0.15, 0.2) is 5.82 Å². The Hall–Kier alpha value is -2.37. The molecule has 2 aromatic rings. The van der Waals surface area contributed by atoms with Crippen molar-refractivity contribution in [2.24, 2.45) is 0 Å². The van der Waals surface area contributed by atoms with Gasteiger partial charge in [-0.15, -0.1) is 0 Å². The number of nitrogens with one attached hydrogen (secondary N) is 2. The Balaban J connectivity index is 1.82. The Kier molecular flexibility index (Phi) is 3.34. The van der Waals surface area contributed by atoms with E-state index in [-0.39, 0.29) is 5.82 Å². The van der Waals surface area contributed by atoms with E-state index in [9.17, 15) is 9.18 Å². The summed E-state index contributed by atoms with van der Waals surface area (Å²) in [5.41, 5.74) is 0.807. The lowest BCUT2D eigenvalue weighted by molar-refractivity contribution is 0.251. The average molecular weight is 235 g/mol. The minimum atomic E-state index is -0.400. The summed E-state index contributed by atoms with van der Waals surface area (Å²) in [6.45, 7) is 0.309. The Labute approximate surface area is 96.6 Å². The Morgan fingerprint density at radius 1 is 1.29 bits per heavy atom. The van der Waals surface area contributed by atoms with Crippen molar-refractivity contribution in [3.05, 3.63) is 48.0 Å². The van der Waals surface area contributed by atoms with E-state index in [1.54, 1.807) is 12.1 Å². The maximum absolute atomic E-state index is 12.6. The molecule has 17 heavy (non-hydrogen) atoms. The maximum Gasteiger partial charge on any atom is 0.320 e. The van der Waals surface area contributed by atoms with E-state index in [0.717, 1.165) is 5.56 Å². The van der Waals surface area contributed by atoms with Crippen LogP contribution in [0, 0.1) is 5.82 Å². The van der Waals surface area contributed by atoms with Gasteiger partial charge in [0.1, 0.15) is 12.1 Å². The number of carbonyl (C=O) groups is 1. The van der Waals surface area contributed by atoms with Crippen LogP contribution < -0.4 is 10.6 Å². The molecule has 5 nitrogen and oxygen atoms in total. The number of benzene rings is 1. The van der Waals surface area contributed by atoms with E-state index in [1.807, 2.05) is 0 Å². The highest BCUT2D eigenvalue weighted by molar-refractivity contribution is 5.87. The molecule has 2 rings (SSSR count). The number of carbonyl (C=O) groups excluding carboxylic acids is 1. The molecule has 2 N–H and O–H groups in total. The number of rotatable bonds is 3. The van der Waals surface area contributed by atoms with E-state index in [4.69, 9.17) is 0 Å². The van der Waals surface area contributed by atoms with Crippen molar-refractivity contribution in [1.29, 1.82) is 0 Å². The Morgan fingerprint density at radius 3 is 2.71 bits per heavy atom. The number of hydrogen-bond acceptors (Lipinski definition) is 3. The zero-order valence-corrected chi connectivity index (χ0v) is 8.81. The highest BCUT2D eigenvalue weighted by Crippen LogP contribution is 2.03. The molecule has 0 spiro atoms. The van der Waals surface area contributed by atoms with Gasteiger partial charge in [0.05, 0.1) is 0 Å². The van der Waals surface area contributed by atoms with Crippen LogP contribution in [0.4, 0.5) is 15.0 Å². The molecule has 0 atom stereocenters. The van der Waals surface area contributed by atoms with Gasteiger partial charge in [-0.3, -0.25) is 5.32 Å². The second-order valence-corrected chi connectivity index (χ2v) is 3.32. The van der Waals surface area contributed by atoms with E-state index < -0.39 is 6.03 Å². The van der Waals surface area contributed by atoms with Crippen molar-refractivity contribution in [1.82, 2.24) is 10.5 Å². The van der Waals surface area contributed by atoms with Crippen molar-refractivity contribution in [3.8, 4) is 0 Å². The molecule has 0 aliphatic carbocycles. The van der Waals surface area contributed by atoms with Gasteiger partial charge in [-0.25, -0.2) is 9.18 Å². The fourth-order valence-electron chi connectivity index (χ4n) is 1.22. The fourth-order valence-corrected chi connectivity index (χ4v) is 1.22. The van der Waals surface area contributed by atoms with E-state index in [1.165, 1.54) is 24.5 Å². The molecular weight excluding hydrogens is 225 g/mol. The summed E-state index contributed by atoms with van der Waals surface area (Å²) >= 11 is 0. The normalized spacial score (nSPS) is 9.94. The van der Waals surface area contributed by atoms with Gasteiger partial charge in [-0.1, -0.05) is 17.3 Å². The molecule has 0 bridgehead atoms. The van der Waals surface area contributed by atoms with Gasteiger partial charge < -0.3 is 9.84 Å². The van der Waals surface area contributed by atoms with Crippen molar-refractivity contribution in [2.75, 3.05) is 5.32 Å². The van der Waals surface area contributed by atoms with Crippen molar-refractivity contribution in [2.45, 2.75) is 6.54 Å². The van der Waals surface area contributed by atoms with Crippen LogP contribution in [0.25, 0.3) is 0 Å². The largest absolute Gasteiger partial charge is 0.363 e. The minimum Gasteiger partial charge on any atom is -0.363 e. The summed E-state index contributed by atoms with van der Waals surface area (Å²) in [4.78, 5) is 11.4. The molecule has 0 unspecified atom stereocenters. The molecule has 1 aromatic heterocycles. The van der Waals surface area contributed by atoms with Gasteiger partial charge in [0.25, 0.3) is 0 Å². The first-order valence-corrected chi connectivity index (χ1v) is 4.94. The summed E-state index contributed by atoms with van der Waals surface area (Å²) in [5.74, 6) is 0.0300. The van der Waals surface area contributed by atoms with Gasteiger partial charge >= 0.3 is 6.03 Å². The maximum atomic E-state index is 12.6. The van der Waals surface area contributed by atoms with Gasteiger partial charge in [-0.2, -0.15) is 0 Å². The van der Waals surface area contributed by atoms with Gasteiger partial charge in [0.2, 0.25) is 0 Å². The number of nitrogens with zero attached hydrogens (tertiary/aromatic N) is 1. The topological polar surface area (TPSA) is 67.2 Å². The number of anilines is 1. The Morgan fingerprint density at radius 2 is 2.06 bits per heavy atom. The van der Waals surface area contributed by atoms with Crippen LogP contribution in [0.1, 0.15) is 5.56 Å². The van der Waals surface area contributed by atoms with E-state index in [0.29, 0.717) is 12.4 Å². The molecule has 0 saturated carbocycles. The molecular formula is C11H10FN3O2. The molecule has 2 amide bonds. The van der Waals surface area contributed by atoms with Crippen LogP contribution in [0.2, 0.25) is 0 Å². The average Bonchev–Trinajstić information content (AvgIpc) is 2.81. The summed E-state index contributed by atoms with van der Waals surface area (Å²) in [6.07, 6.45) is 1.36. The van der Waals surface area contributed by atoms with Crippen LogP contribution in [0.5, 0.6) is 0 Å². The van der Waals surface area contributed by atoms with E-state index in [2.05, 4.69) is 20.3 Å². The Bertz CT molecular complexity index is 482. The quantitative estimate of drug-likeness (QED) is 0.856. The lowest BCUT2D eigenvalue weighted by Crippen LogP contribution is -2.28. The molecule has 1 aromatic carbocycles. The zero-order valence-electron chi connectivity index (χ0n) is 8.81. The van der Waals surface area contributed by atoms with Crippen molar-refractivity contribution < 1.29 is 13.7 Å². The van der Waals surface area contributed by atoms with Crippen LogP contribution in [0.3, 0.4) is 0 Å². The first kappa shape index (κ1) is 11.1. The number of amides is 2. The van der Waals surface area contributed by atoms with Gasteiger partial charge in [-0.05, 0) is 17.7 Å². The number of aromatic nitrogens is 1. The molecule has 6 heteroatoms. The van der Waals surface area contributed by atoms with Crippen LogP contribution in [-0.2, 0) is 6.54 Å². The zero-order chi connectivity index (χ0) is 12.1. The summed E-state index contributed by atoms with van der Waals surface area (Å²) in [7, 11) is 0. The van der Waals surface area contributed by atoms with Crippen LogP contribution >= 0.6 is 0 Å². The van der Waals surface area contributed by atoms with Gasteiger partial charge in [0, 0.05) is 12.6 Å². The first-order chi connectivity index (χ1) is 8.24. The molecule has 1 heterocycles. The lowest BCUT2D eigenvalue weighted by Gasteiger charge is -2.05.